The largest absolute Gasteiger partial charge is 0.346 e. The number of rotatable bonds is 2. The minimum Gasteiger partial charge on any atom is -0.312 e. The van der Waals surface area contributed by atoms with Gasteiger partial charge < -0.3 is 4.98 Å². The van der Waals surface area contributed by atoms with Crippen molar-refractivity contribution >= 4 is 23.4 Å². The highest BCUT2D eigenvalue weighted by Crippen LogP contribution is 2.16. The first-order chi connectivity index (χ1) is 7.84. The molecule has 0 fully saturated rings. The number of aromatic nitrogens is 2. The number of Topliss-reactive ketones (excluding diaryl/α,β-unsaturated/α-hetero) is 1. The van der Waals surface area contributed by atoms with Gasteiger partial charge >= 0.3 is 5.69 Å². The van der Waals surface area contributed by atoms with Crippen LogP contribution in [0.4, 0.5) is 5.82 Å². The lowest BCUT2D eigenvalue weighted by molar-refractivity contribution is -0.124. The van der Waals surface area contributed by atoms with E-state index in [4.69, 9.17) is 0 Å². The lowest BCUT2D eigenvalue weighted by atomic mass is 10.2. The van der Waals surface area contributed by atoms with Gasteiger partial charge in [0, 0.05) is 20.0 Å². The molecule has 1 aromatic heterocycles. The summed E-state index contributed by atoms with van der Waals surface area (Å²) < 4.78 is 0. The second-order valence-corrected chi connectivity index (χ2v) is 3.37. The second kappa shape index (κ2) is 4.69. The highest BCUT2D eigenvalue weighted by Gasteiger charge is 2.23. The van der Waals surface area contributed by atoms with Gasteiger partial charge in [-0.05, 0) is 6.92 Å². The number of nitrogens with one attached hydrogen (secondary N) is 1. The molecule has 0 bridgehead atoms. The standard InChI is InChI=1S/C10H11N3O4/c1-5(14)8-4-11-10(17)12-9(8)13(6(2)15)7(3)16/h4H,1-3H3,(H,11,12,17). The third kappa shape index (κ3) is 2.63. The zero-order valence-electron chi connectivity index (χ0n) is 9.60. The van der Waals surface area contributed by atoms with Gasteiger partial charge in [-0.2, -0.15) is 4.98 Å². The van der Waals surface area contributed by atoms with E-state index in [1.54, 1.807) is 0 Å². The van der Waals surface area contributed by atoms with Gasteiger partial charge in [-0.1, -0.05) is 0 Å². The van der Waals surface area contributed by atoms with Crippen LogP contribution in [0.15, 0.2) is 11.0 Å². The van der Waals surface area contributed by atoms with E-state index in [-0.39, 0.29) is 11.4 Å². The summed E-state index contributed by atoms with van der Waals surface area (Å²) >= 11 is 0. The third-order valence-electron chi connectivity index (χ3n) is 2.01. The second-order valence-electron chi connectivity index (χ2n) is 3.37. The first-order valence-electron chi connectivity index (χ1n) is 4.76. The van der Waals surface area contributed by atoms with E-state index in [1.807, 2.05) is 0 Å². The predicted octanol–water partition coefficient (Wildman–Crippen LogP) is -0.128. The fourth-order valence-corrected chi connectivity index (χ4v) is 1.34. The molecule has 0 unspecified atom stereocenters. The van der Waals surface area contributed by atoms with Crippen LogP contribution in [-0.4, -0.2) is 27.6 Å². The zero-order valence-corrected chi connectivity index (χ0v) is 9.60. The normalized spacial score (nSPS) is 9.82. The van der Waals surface area contributed by atoms with Crippen molar-refractivity contribution in [3.63, 3.8) is 0 Å². The minimum atomic E-state index is -0.738. The summed E-state index contributed by atoms with van der Waals surface area (Å²) in [6.45, 7) is 3.54. The topological polar surface area (TPSA) is 100 Å². The number of hydrogen-bond acceptors (Lipinski definition) is 5. The fourth-order valence-electron chi connectivity index (χ4n) is 1.34. The Balaban J connectivity index is 3.51. The Bertz CT molecular complexity index is 533. The van der Waals surface area contributed by atoms with Gasteiger partial charge in [0.15, 0.2) is 11.6 Å². The number of carbonyl (C=O) groups excluding carboxylic acids is 3. The predicted molar refractivity (Wildman–Crippen MR) is 58.7 cm³/mol. The number of carbonyl (C=O) groups is 3. The van der Waals surface area contributed by atoms with Gasteiger partial charge in [0.05, 0.1) is 5.56 Å². The lowest BCUT2D eigenvalue weighted by Crippen LogP contribution is -2.36. The molecule has 1 heterocycles. The van der Waals surface area contributed by atoms with E-state index in [1.165, 1.54) is 6.92 Å². The molecule has 0 aliphatic heterocycles. The SMILES string of the molecule is CC(=O)c1c[nH]c(=O)nc1N(C(C)=O)C(C)=O. The molecule has 1 aromatic rings. The summed E-state index contributed by atoms with van der Waals surface area (Å²) in [7, 11) is 0. The molecule has 0 aliphatic rings. The lowest BCUT2D eigenvalue weighted by Gasteiger charge is -2.17. The molecule has 0 aliphatic carbocycles. The average molecular weight is 237 g/mol. The molecule has 0 spiro atoms. The van der Waals surface area contributed by atoms with Crippen LogP contribution in [-0.2, 0) is 9.59 Å². The number of hydrogen-bond donors (Lipinski definition) is 1. The Morgan fingerprint density at radius 1 is 1.18 bits per heavy atom. The van der Waals surface area contributed by atoms with Crippen molar-refractivity contribution in [3.05, 3.63) is 22.2 Å². The van der Waals surface area contributed by atoms with E-state index in [2.05, 4.69) is 9.97 Å². The molecule has 7 heteroatoms. The molecular weight excluding hydrogens is 226 g/mol. The summed E-state index contributed by atoms with van der Waals surface area (Å²) in [5, 5.41) is 0. The van der Waals surface area contributed by atoms with Crippen LogP contribution < -0.4 is 10.6 Å². The maximum Gasteiger partial charge on any atom is 0.346 e. The van der Waals surface area contributed by atoms with Gasteiger partial charge in [-0.3, -0.25) is 14.4 Å². The molecule has 0 radical (unpaired) electrons. The number of anilines is 1. The van der Waals surface area contributed by atoms with Crippen molar-refractivity contribution in [3.8, 4) is 0 Å². The van der Waals surface area contributed by atoms with Gasteiger partial charge in [-0.25, -0.2) is 9.69 Å². The zero-order chi connectivity index (χ0) is 13.2. The van der Waals surface area contributed by atoms with Crippen LogP contribution >= 0.6 is 0 Å². The van der Waals surface area contributed by atoms with Crippen LogP contribution in [0.3, 0.4) is 0 Å². The number of amides is 2. The molecule has 90 valence electrons. The first kappa shape index (κ1) is 12.8. The summed E-state index contributed by atoms with van der Waals surface area (Å²) in [5.74, 6) is -1.87. The van der Waals surface area contributed by atoms with Crippen molar-refractivity contribution in [1.29, 1.82) is 0 Å². The number of imide groups is 1. The van der Waals surface area contributed by atoms with Crippen LogP contribution in [0.25, 0.3) is 0 Å². The average Bonchev–Trinajstić information content (AvgIpc) is 2.15. The van der Waals surface area contributed by atoms with Gasteiger partial charge in [-0.15, -0.1) is 0 Å². The molecular formula is C10H11N3O4. The van der Waals surface area contributed by atoms with Crippen molar-refractivity contribution in [2.75, 3.05) is 4.90 Å². The summed E-state index contributed by atoms with van der Waals surface area (Å²) in [6.07, 6.45) is 1.13. The van der Waals surface area contributed by atoms with E-state index in [0.717, 1.165) is 20.0 Å². The van der Waals surface area contributed by atoms with E-state index >= 15 is 0 Å². The van der Waals surface area contributed by atoms with Crippen LogP contribution in [0.5, 0.6) is 0 Å². The molecule has 1 N–H and O–H groups in total. The van der Waals surface area contributed by atoms with E-state index in [9.17, 15) is 19.2 Å². The smallest absolute Gasteiger partial charge is 0.312 e. The van der Waals surface area contributed by atoms with Crippen LogP contribution in [0, 0.1) is 0 Å². The highest BCUT2D eigenvalue weighted by molar-refractivity contribution is 6.15. The number of ketones is 1. The number of aromatic amines is 1. The summed E-state index contributed by atoms with van der Waals surface area (Å²) in [4.78, 5) is 51.4. The Labute approximate surface area is 96.5 Å². The van der Waals surface area contributed by atoms with Crippen molar-refractivity contribution in [1.82, 2.24) is 9.97 Å². The molecule has 0 aromatic carbocycles. The van der Waals surface area contributed by atoms with E-state index in [0.29, 0.717) is 4.90 Å². The molecule has 17 heavy (non-hydrogen) atoms. The molecule has 0 atom stereocenters. The van der Waals surface area contributed by atoms with Gasteiger partial charge in [0.1, 0.15) is 0 Å². The highest BCUT2D eigenvalue weighted by atomic mass is 16.2. The van der Waals surface area contributed by atoms with Gasteiger partial charge in [0.25, 0.3) is 0 Å². The number of nitrogens with zero attached hydrogens (tertiary/aromatic N) is 2. The maximum absolute atomic E-state index is 11.3. The molecule has 1 rings (SSSR count). The molecule has 2 amide bonds. The van der Waals surface area contributed by atoms with Crippen molar-refractivity contribution in [2.45, 2.75) is 20.8 Å². The third-order valence-corrected chi connectivity index (χ3v) is 2.01. The van der Waals surface area contributed by atoms with Gasteiger partial charge in [0.2, 0.25) is 11.8 Å². The minimum absolute atomic E-state index is 0.00926. The van der Waals surface area contributed by atoms with Crippen molar-refractivity contribution in [2.24, 2.45) is 0 Å². The van der Waals surface area contributed by atoms with Crippen molar-refractivity contribution < 1.29 is 14.4 Å². The fraction of sp³-hybridized carbons (Fsp3) is 0.300. The summed E-state index contributed by atoms with van der Waals surface area (Å²) in [6, 6.07) is 0. The molecule has 7 nitrogen and oxygen atoms in total. The van der Waals surface area contributed by atoms with Crippen LogP contribution in [0.2, 0.25) is 0 Å². The quantitative estimate of drug-likeness (QED) is 0.722. The monoisotopic (exact) mass is 237 g/mol. The Hall–Kier alpha value is -2.31. The Morgan fingerprint density at radius 2 is 1.71 bits per heavy atom. The Kier molecular flexibility index (Phi) is 3.52. The molecule has 0 saturated heterocycles. The Morgan fingerprint density at radius 3 is 2.12 bits per heavy atom. The maximum atomic E-state index is 11.3. The summed E-state index contributed by atoms with van der Waals surface area (Å²) in [5.41, 5.74) is -0.729. The van der Waals surface area contributed by atoms with E-state index < -0.39 is 23.3 Å². The molecule has 0 saturated carbocycles. The first-order valence-corrected chi connectivity index (χ1v) is 4.76. The van der Waals surface area contributed by atoms with Crippen LogP contribution in [0.1, 0.15) is 31.1 Å². The number of H-pyrrole nitrogens is 1.